The Morgan fingerprint density at radius 3 is 3.00 bits per heavy atom. The maximum Gasteiger partial charge on any atom is 0.509 e. The monoisotopic (exact) mass is 128 g/mol. The second-order valence-corrected chi connectivity index (χ2v) is 1.74. The molecule has 0 N–H and O–H groups in total. The van der Waals surface area contributed by atoms with Crippen LogP contribution in [0.25, 0.3) is 0 Å². The molecular formula is C6H8O3. The maximum atomic E-state index is 10.2. The molecule has 1 saturated heterocycles. The van der Waals surface area contributed by atoms with Crippen LogP contribution in [0.1, 0.15) is 6.92 Å². The molecule has 0 aromatic rings. The standard InChI is InChI=1S/C6H8O3/c1-2-3-5-4-8-6(7)9-5/h2-3,5H,4H2,1H3/b3-2-. The zero-order chi connectivity index (χ0) is 6.69. The first-order chi connectivity index (χ1) is 4.33. The molecule has 3 nitrogen and oxygen atoms in total. The van der Waals surface area contributed by atoms with Crippen molar-refractivity contribution in [3.63, 3.8) is 0 Å². The molecule has 0 aromatic heterocycles. The Morgan fingerprint density at radius 1 is 1.78 bits per heavy atom. The summed E-state index contributed by atoms with van der Waals surface area (Å²) in [5.74, 6) is 0. The minimum absolute atomic E-state index is 0.164. The van der Waals surface area contributed by atoms with Gasteiger partial charge in [0.25, 0.3) is 0 Å². The van der Waals surface area contributed by atoms with Gasteiger partial charge in [-0.3, -0.25) is 0 Å². The summed E-state index contributed by atoms with van der Waals surface area (Å²) in [5, 5.41) is 0. The van der Waals surface area contributed by atoms with Gasteiger partial charge >= 0.3 is 6.16 Å². The van der Waals surface area contributed by atoms with Gasteiger partial charge in [0.1, 0.15) is 6.61 Å². The van der Waals surface area contributed by atoms with Crippen LogP contribution in [-0.4, -0.2) is 18.9 Å². The highest BCUT2D eigenvalue weighted by molar-refractivity contribution is 5.62. The number of cyclic esters (lactones) is 2. The molecule has 0 radical (unpaired) electrons. The molecule has 1 fully saturated rings. The summed E-state index contributed by atoms with van der Waals surface area (Å²) < 4.78 is 9.16. The lowest BCUT2D eigenvalue weighted by molar-refractivity contribution is 0.125. The van der Waals surface area contributed by atoms with E-state index in [0.29, 0.717) is 6.61 Å². The fraction of sp³-hybridized carbons (Fsp3) is 0.500. The van der Waals surface area contributed by atoms with Crippen molar-refractivity contribution in [3.8, 4) is 0 Å². The van der Waals surface area contributed by atoms with Crippen molar-refractivity contribution in [2.45, 2.75) is 13.0 Å². The van der Waals surface area contributed by atoms with E-state index in [1.807, 2.05) is 13.0 Å². The number of rotatable bonds is 1. The predicted octanol–water partition coefficient (Wildman–Crippen LogP) is 1.10. The molecule has 1 rings (SSSR count). The zero-order valence-electron chi connectivity index (χ0n) is 5.16. The molecule has 3 heteroatoms. The molecule has 50 valence electrons. The van der Waals surface area contributed by atoms with Gasteiger partial charge in [0, 0.05) is 0 Å². The van der Waals surface area contributed by atoms with Crippen LogP contribution < -0.4 is 0 Å². The molecule has 0 aliphatic carbocycles. The summed E-state index contributed by atoms with van der Waals surface area (Å²) in [4.78, 5) is 10.2. The molecular weight excluding hydrogens is 120 g/mol. The van der Waals surface area contributed by atoms with E-state index in [1.54, 1.807) is 6.08 Å². The van der Waals surface area contributed by atoms with E-state index in [-0.39, 0.29) is 6.10 Å². The Labute approximate surface area is 53.3 Å². The Bertz CT molecular complexity index is 139. The molecule has 9 heavy (non-hydrogen) atoms. The highest BCUT2D eigenvalue weighted by Crippen LogP contribution is 2.06. The van der Waals surface area contributed by atoms with Gasteiger partial charge in [-0.05, 0) is 13.0 Å². The van der Waals surface area contributed by atoms with Gasteiger partial charge in [0.2, 0.25) is 0 Å². The molecule has 0 aromatic carbocycles. The van der Waals surface area contributed by atoms with Crippen LogP contribution in [0, 0.1) is 0 Å². The zero-order valence-corrected chi connectivity index (χ0v) is 5.16. The van der Waals surface area contributed by atoms with Crippen LogP contribution >= 0.6 is 0 Å². The average molecular weight is 128 g/mol. The largest absolute Gasteiger partial charge is 0.509 e. The van der Waals surface area contributed by atoms with Crippen molar-refractivity contribution >= 4 is 6.16 Å². The van der Waals surface area contributed by atoms with Crippen molar-refractivity contribution in [1.29, 1.82) is 0 Å². The quantitative estimate of drug-likeness (QED) is 0.392. The van der Waals surface area contributed by atoms with Crippen LogP contribution in [0.3, 0.4) is 0 Å². The van der Waals surface area contributed by atoms with Crippen LogP contribution in [0.2, 0.25) is 0 Å². The SMILES string of the molecule is C/C=C\C1COC(=O)O1. The fourth-order valence-corrected chi connectivity index (χ4v) is 0.651. The van der Waals surface area contributed by atoms with Crippen molar-refractivity contribution in [1.82, 2.24) is 0 Å². The van der Waals surface area contributed by atoms with Crippen molar-refractivity contribution in [2.24, 2.45) is 0 Å². The van der Waals surface area contributed by atoms with Crippen molar-refractivity contribution < 1.29 is 14.3 Å². The lowest BCUT2D eigenvalue weighted by atomic mass is 10.3. The van der Waals surface area contributed by atoms with E-state index >= 15 is 0 Å². The van der Waals surface area contributed by atoms with Crippen LogP contribution in [-0.2, 0) is 9.47 Å². The van der Waals surface area contributed by atoms with E-state index in [2.05, 4.69) is 9.47 Å². The lowest BCUT2D eigenvalue weighted by Gasteiger charge is -1.94. The summed E-state index contributed by atoms with van der Waals surface area (Å²) >= 11 is 0. The first-order valence-electron chi connectivity index (χ1n) is 2.79. The number of hydrogen-bond acceptors (Lipinski definition) is 3. The van der Waals surface area contributed by atoms with E-state index in [9.17, 15) is 4.79 Å². The first-order valence-corrected chi connectivity index (χ1v) is 2.79. The predicted molar refractivity (Wildman–Crippen MR) is 31.0 cm³/mol. The van der Waals surface area contributed by atoms with E-state index in [1.165, 1.54) is 0 Å². The number of ether oxygens (including phenoxy) is 2. The molecule has 1 aliphatic rings. The Kier molecular flexibility index (Phi) is 1.72. The highest BCUT2D eigenvalue weighted by atomic mass is 16.8. The summed E-state index contributed by atoms with van der Waals surface area (Å²) in [7, 11) is 0. The Morgan fingerprint density at radius 2 is 2.56 bits per heavy atom. The Balaban J connectivity index is 2.39. The molecule has 1 unspecified atom stereocenters. The lowest BCUT2D eigenvalue weighted by Crippen LogP contribution is -2.04. The number of hydrogen-bond donors (Lipinski definition) is 0. The molecule has 1 heterocycles. The van der Waals surface area contributed by atoms with Crippen molar-refractivity contribution in [2.75, 3.05) is 6.61 Å². The van der Waals surface area contributed by atoms with Gasteiger partial charge in [-0.15, -0.1) is 0 Å². The Hall–Kier alpha value is -0.990. The van der Waals surface area contributed by atoms with Gasteiger partial charge in [0.05, 0.1) is 0 Å². The third kappa shape index (κ3) is 1.45. The number of carbonyl (C=O) groups is 1. The molecule has 1 aliphatic heterocycles. The third-order valence-corrected chi connectivity index (χ3v) is 1.02. The molecule has 0 bridgehead atoms. The second-order valence-electron chi connectivity index (χ2n) is 1.74. The second kappa shape index (κ2) is 2.53. The normalized spacial score (nSPS) is 26.3. The number of carbonyl (C=O) groups excluding carboxylic acids is 1. The average Bonchev–Trinajstić information content (AvgIpc) is 2.17. The third-order valence-electron chi connectivity index (χ3n) is 1.02. The highest BCUT2D eigenvalue weighted by Gasteiger charge is 2.21. The molecule has 1 atom stereocenters. The van der Waals surface area contributed by atoms with Crippen LogP contribution in [0.5, 0.6) is 0 Å². The molecule has 0 amide bonds. The molecule has 0 spiro atoms. The maximum absolute atomic E-state index is 10.2. The van der Waals surface area contributed by atoms with Crippen LogP contribution in [0.15, 0.2) is 12.2 Å². The minimum atomic E-state index is -0.571. The summed E-state index contributed by atoms with van der Waals surface area (Å²) in [6.07, 6.45) is 2.87. The minimum Gasteiger partial charge on any atom is -0.430 e. The number of allylic oxidation sites excluding steroid dienone is 1. The van der Waals surface area contributed by atoms with E-state index < -0.39 is 6.16 Å². The first kappa shape index (κ1) is 6.13. The van der Waals surface area contributed by atoms with Gasteiger partial charge in [-0.2, -0.15) is 0 Å². The summed E-state index contributed by atoms with van der Waals surface area (Å²) in [6, 6.07) is 0. The van der Waals surface area contributed by atoms with Gasteiger partial charge in [0.15, 0.2) is 6.10 Å². The van der Waals surface area contributed by atoms with Crippen molar-refractivity contribution in [3.05, 3.63) is 12.2 Å². The van der Waals surface area contributed by atoms with Gasteiger partial charge in [-0.1, -0.05) is 6.08 Å². The van der Waals surface area contributed by atoms with E-state index in [4.69, 9.17) is 0 Å². The van der Waals surface area contributed by atoms with E-state index in [0.717, 1.165) is 0 Å². The van der Waals surface area contributed by atoms with Gasteiger partial charge < -0.3 is 9.47 Å². The van der Waals surface area contributed by atoms with Crippen LogP contribution in [0.4, 0.5) is 4.79 Å². The fourth-order valence-electron chi connectivity index (χ4n) is 0.651. The summed E-state index contributed by atoms with van der Waals surface area (Å²) in [5.41, 5.74) is 0. The van der Waals surface area contributed by atoms with Gasteiger partial charge in [-0.25, -0.2) is 4.79 Å². The molecule has 0 saturated carbocycles. The topological polar surface area (TPSA) is 35.5 Å². The summed E-state index contributed by atoms with van der Waals surface area (Å²) in [6.45, 7) is 2.22. The smallest absolute Gasteiger partial charge is 0.430 e.